The molecule has 0 fully saturated rings. The van der Waals surface area contributed by atoms with Crippen LogP contribution in [0.5, 0.6) is 0 Å². The molecular formula is C14H19NO2. The van der Waals surface area contributed by atoms with Crippen molar-refractivity contribution in [3.8, 4) is 0 Å². The van der Waals surface area contributed by atoms with Crippen LogP contribution in [0.15, 0.2) is 24.3 Å². The van der Waals surface area contributed by atoms with Crippen molar-refractivity contribution in [1.82, 2.24) is 4.90 Å². The van der Waals surface area contributed by atoms with E-state index < -0.39 is 0 Å². The predicted molar refractivity (Wildman–Crippen MR) is 68.1 cm³/mol. The average Bonchev–Trinajstić information content (AvgIpc) is 2.28. The van der Waals surface area contributed by atoms with Gasteiger partial charge in [-0.2, -0.15) is 0 Å². The first-order valence-electron chi connectivity index (χ1n) is 5.80. The minimum absolute atomic E-state index is 0.0142. The first-order valence-corrected chi connectivity index (χ1v) is 5.80. The van der Waals surface area contributed by atoms with Crippen LogP contribution >= 0.6 is 0 Å². The molecule has 0 saturated heterocycles. The molecule has 1 aromatic rings. The number of nitrogens with zero attached hydrogens (tertiary/aromatic N) is 1. The van der Waals surface area contributed by atoms with Crippen LogP contribution < -0.4 is 0 Å². The summed E-state index contributed by atoms with van der Waals surface area (Å²) in [6.07, 6.45) is 2.38. The molecule has 0 N–H and O–H groups in total. The summed E-state index contributed by atoms with van der Waals surface area (Å²) in [7, 11) is 3.48. The molecule has 0 bridgehead atoms. The van der Waals surface area contributed by atoms with Gasteiger partial charge in [-0.25, -0.2) is 0 Å². The molecule has 0 unspecified atom stereocenters. The fourth-order valence-electron chi connectivity index (χ4n) is 1.61. The largest absolute Gasteiger partial charge is 0.345 e. The third kappa shape index (κ3) is 4.39. The summed E-state index contributed by atoms with van der Waals surface area (Å²) in [6.45, 7) is 1.61. The van der Waals surface area contributed by atoms with E-state index in [1.807, 2.05) is 24.3 Å². The van der Waals surface area contributed by atoms with Crippen molar-refractivity contribution >= 4 is 11.7 Å². The van der Waals surface area contributed by atoms with E-state index in [4.69, 9.17) is 0 Å². The number of rotatable bonds is 5. The van der Waals surface area contributed by atoms with Gasteiger partial charge in [-0.15, -0.1) is 0 Å². The zero-order valence-electron chi connectivity index (χ0n) is 10.7. The lowest BCUT2D eigenvalue weighted by molar-refractivity contribution is -0.117. The van der Waals surface area contributed by atoms with E-state index in [9.17, 15) is 9.59 Å². The fraction of sp³-hybridized carbons (Fsp3) is 0.429. The quantitative estimate of drug-likeness (QED) is 0.782. The standard InChI is InChI=1S/C14H19NO2/c1-11(16)5-4-6-12-7-9-13(10-8-12)14(17)15(2)3/h7-10H,4-6H2,1-3H3. The average molecular weight is 233 g/mol. The molecule has 0 heterocycles. The maximum atomic E-state index is 11.6. The molecule has 92 valence electrons. The summed E-state index contributed by atoms with van der Waals surface area (Å²) in [5.74, 6) is 0.240. The number of hydrogen-bond acceptors (Lipinski definition) is 2. The summed E-state index contributed by atoms with van der Waals surface area (Å²) in [4.78, 5) is 24.0. The van der Waals surface area contributed by atoms with Gasteiger partial charge in [0.15, 0.2) is 0 Å². The molecule has 1 rings (SSSR count). The molecule has 0 aliphatic heterocycles. The summed E-state index contributed by atoms with van der Waals surface area (Å²) in [5.41, 5.74) is 1.87. The van der Waals surface area contributed by atoms with E-state index >= 15 is 0 Å². The third-order valence-corrected chi connectivity index (χ3v) is 2.60. The Hall–Kier alpha value is -1.64. The molecule has 0 spiro atoms. The smallest absolute Gasteiger partial charge is 0.253 e. The lowest BCUT2D eigenvalue weighted by Gasteiger charge is -2.10. The molecule has 0 saturated carbocycles. The van der Waals surface area contributed by atoms with E-state index in [0.29, 0.717) is 12.0 Å². The number of amides is 1. The van der Waals surface area contributed by atoms with Gasteiger partial charge < -0.3 is 9.69 Å². The van der Waals surface area contributed by atoms with Crippen molar-refractivity contribution in [2.45, 2.75) is 26.2 Å². The number of hydrogen-bond donors (Lipinski definition) is 0. The molecular weight excluding hydrogens is 214 g/mol. The van der Waals surface area contributed by atoms with Gasteiger partial charge in [-0.3, -0.25) is 4.79 Å². The molecule has 1 aromatic carbocycles. The van der Waals surface area contributed by atoms with Crippen molar-refractivity contribution in [3.05, 3.63) is 35.4 Å². The third-order valence-electron chi connectivity index (χ3n) is 2.60. The molecule has 0 aromatic heterocycles. The van der Waals surface area contributed by atoms with Gasteiger partial charge in [0.25, 0.3) is 5.91 Å². The van der Waals surface area contributed by atoms with E-state index in [-0.39, 0.29) is 11.7 Å². The summed E-state index contributed by atoms with van der Waals surface area (Å²) >= 11 is 0. The Morgan fingerprint density at radius 1 is 1.12 bits per heavy atom. The molecule has 17 heavy (non-hydrogen) atoms. The van der Waals surface area contributed by atoms with E-state index in [0.717, 1.165) is 12.8 Å². The maximum Gasteiger partial charge on any atom is 0.253 e. The SMILES string of the molecule is CC(=O)CCCc1ccc(C(=O)N(C)C)cc1. The number of benzene rings is 1. The Morgan fingerprint density at radius 3 is 2.18 bits per heavy atom. The second-order valence-electron chi connectivity index (χ2n) is 4.45. The predicted octanol–water partition coefficient (Wildman–Crippen LogP) is 2.30. The highest BCUT2D eigenvalue weighted by Crippen LogP contribution is 2.09. The minimum atomic E-state index is 0.0142. The van der Waals surface area contributed by atoms with Crippen LogP contribution in [0.3, 0.4) is 0 Å². The van der Waals surface area contributed by atoms with E-state index in [1.54, 1.807) is 25.9 Å². The minimum Gasteiger partial charge on any atom is -0.345 e. The lowest BCUT2D eigenvalue weighted by atomic mass is 10.0. The Balaban J connectivity index is 2.56. The zero-order chi connectivity index (χ0) is 12.8. The van der Waals surface area contributed by atoms with Crippen molar-refractivity contribution in [2.75, 3.05) is 14.1 Å². The summed E-state index contributed by atoms with van der Waals surface area (Å²) in [5, 5.41) is 0. The Labute approximate surface area is 102 Å². The van der Waals surface area contributed by atoms with Gasteiger partial charge in [-0.05, 0) is 37.5 Å². The zero-order valence-corrected chi connectivity index (χ0v) is 10.7. The second-order valence-corrected chi connectivity index (χ2v) is 4.45. The van der Waals surface area contributed by atoms with Crippen molar-refractivity contribution in [1.29, 1.82) is 0 Å². The lowest BCUT2D eigenvalue weighted by Crippen LogP contribution is -2.21. The monoisotopic (exact) mass is 233 g/mol. The van der Waals surface area contributed by atoms with Gasteiger partial charge in [0.1, 0.15) is 5.78 Å². The highest BCUT2D eigenvalue weighted by molar-refractivity contribution is 5.93. The van der Waals surface area contributed by atoms with E-state index in [1.165, 1.54) is 5.56 Å². The van der Waals surface area contributed by atoms with Crippen LogP contribution in [0.2, 0.25) is 0 Å². The van der Waals surface area contributed by atoms with Crippen molar-refractivity contribution < 1.29 is 9.59 Å². The normalized spacial score (nSPS) is 10.1. The van der Waals surface area contributed by atoms with Crippen LogP contribution in [0.4, 0.5) is 0 Å². The summed E-state index contributed by atoms with van der Waals surface area (Å²) < 4.78 is 0. The summed E-state index contributed by atoms with van der Waals surface area (Å²) in [6, 6.07) is 7.59. The molecule has 3 nitrogen and oxygen atoms in total. The van der Waals surface area contributed by atoms with Gasteiger partial charge >= 0.3 is 0 Å². The first kappa shape index (κ1) is 13.4. The van der Waals surface area contributed by atoms with Gasteiger partial charge in [0, 0.05) is 26.1 Å². The Bertz CT molecular complexity index is 393. The van der Waals surface area contributed by atoms with Gasteiger partial charge in [0.05, 0.1) is 0 Å². The van der Waals surface area contributed by atoms with Crippen LogP contribution in [0.1, 0.15) is 35.7 Å². The number of aryl methyl sites for hydroxylation is 1. The molecule has 0 radical (unpaired) electrons. The van der Waals surface area contributed by atoms with Crippen molar-refractivity contribution in [3.63, 3.8) is 0 Å². The van der Waals surface area contributed by atoms with Gasteiger partial charge in [0.2, 0.25) is 0 Å². The van der Waals surface area contributed by atoms with Crippen LogP contribution in [-0.2, 0) is 11.2 Å². The number of carbonyl (C=O) groups is 2. The fourth-order valence-corrected chi connectivity index (χ4v) is 1.61. The molecule has 0 atom stereocenters. The van der Waals surface area contributed by atoms with E-state index in [2.05, 4.69) is 0 Å². The Kier molecular flexibility index (Phi) is 4.88. The number of Topliss-reactive ketones (excluding diaryl/α,β-unsaturated/α-hetero) is 1. The topological polar surface area (TPSA) is 37.4 Å². The van der Waals surface area contributed by atoms with Crippen LogP contribution in [-0.4, -0.2) is 30.7 Å². The first-order chi connectivity index (χ1) is 8.00. The number of ketones is 1. The van der Waals surface area contributed by atoms with Gasteiger partial charge in [-0.1, -0.05) is 12.1 Å². The van der Waals surface area contributed by atoms with Crippen molar-refractivity contribution in [2.24, 2.45) is 0 Å². The molecule has 0 aliphatic carbocycles. The number of carbonyl (C=O) groups excluding carboxylic acids is 2. The Morgan fingerprint density at radius 2 is 1.71 bits per heavy atom. The van der Waals surface area contributed by atoms with Crippen LogP contribution in [0.25, 0.3) is 0 Å². The van der Waals surface area contributed by atoms with Crippen LogP contribution in [0, 0.1) is 0 Å². The second kappa shape index (κ2) is 6.18. The maximum absolute atomic E-state index is 11.6. The molecule has 3 heteroatoms. The highest BCUT2D eigenvalue weighted by atomic mass is 16.2. The highest BCUT2D eigenvalue weighted by Gasteiger charge is 2.06. The molecule has 0 aliphatic rings. The molecule has 1 amide bonds.